The van der Waals surface area contributed by atoms with Crippen molar-refractivity contribution in [3.8, 4) is 0 Å². The van der Waals surface area contributed by atoms with Crippen molar-refractivity contribution in [2.45, 2.75) is 38.6 Å². The van der Waals surface area contributed by atoms with Gasteiger partial charge in [0.2, 0.25) is 0 Å². The first kappa shape index (κ1) is 14.5. The van der Waals surface area contributed by atoms with E-state index in [4.69, 9.17) is 10.5 Å². The Morgan fingerprint density at radius 3 is 2.60 bits per heavy atom. The third kappa shape index (κ3) is 4.67. The zero-order valence-electron chi connectivity index (χ0n) is 9.15. The van der Waals surface area contributed by atoms with Crippen molar-refractivity contribution < 1.29 is 9.53 Å². The fourth-order valence-corrected chi connectivity index (χ4v) is 1.76. The van der Waals surface area contributed by atoms with Gasteiger partial charge in [-0.05, 0) is 32.6 Å². The highest BCUT2D eigenvalue weighted by molar-refractivity contribution is 5.85. The van der Waals surface area contributed by atoms with E-state index in [0.29, 0.717) is 6.61 Å². The second-order valence-corrected chi connectivity index (χ2v) is 3.65. The number of carbonyl (C=O) groups is 1. The van der Waals surface area contributed by atoms with Crippen molar-refractivity contribution >= 4 is 18.4 Å². The van der Waals surface area contributed by atoms with Gasteiger partial charge in [0.05, 0.1) is 12.5 Å². The Labute approximate surface area is 97.5 Å². The van der Waals surface area contributed by atoms with Crippen LogP contribution in [0, 0.1) is 5.92 Å². The van der Waals surface area contributed by atoms with Crippen molar-refractivity contribution in [2.75, 3.05) is 6.61 Å². The predicted molar refractivity (Wildman–Crippen MR) is 63.0 cm³/mol. The quantitative estimate of drug-likeness (QED) is 0.587. The molecule has 1 rings (SSSR count). The number of allylic oxidation sites excluding steroid dienone is 2. The number of ether oxygens (including phenoxy) is 1. The number of rotatable bonds is 2. The van der Waals surface area contributed by atoms with Crippen molar-refractivity contribution in [3.63, 3.8) is 0 Å². The molecule has 2 N–H and O–H groups in total. The van der Waals surface area contributed by atoms with E-state index in [1.54, 1.807) is 0 Å². The van der Waals surface area contributed by atoms with E-state index in [2.05, 4.69) is 12.2 Å². The molecule has 1 aliphatic rings. The van der Waals surface area contributed by atoms with Crippen molar-refractivity contribution in [2.24, 2.45) is 11.7 Å². The number of carbonyl (C=O) groups excluding carboxylic acids is 1. The van der Waals surface area contributed by atoms with Gasteiger partial charge in [-0.2, -0.15) is 0 Å². The maximum atomic E-state index is 11.5. The van der Waals surface area contributed by atoms with Crippen LogP contribution in [0.25, 0.3) is 0 Å². The fourth-order valence-electron chi connectivity index (χ4n) is 1.76. The summed E-state index contributed by atoms with van der Waals surface area (Å²) < 4.78 is 5.01. The maximum Gasteiger partial charge on any atom is 0.310 e. The zero-order chi connectivity index (χ0) is 10.4. The van der Waals surface area contributed by atoms with E-state index < -0.39 is 0 Å². The van der Waals surface area contributed by atoms with Gasteiger partial charge in [-0.15, -0.1) is 12.4 Å². The Morgan fingerprint density at radius 1 is 1.40 bits per heavy atom. The van der Waals surface area contributed by atoms with Crippen LogP contribution in [0.2, 0.25) is 0 Å². The SMILES string of the molecule is CCOC(=O)[C@@H]1CC/C=C\CC[C@@H]1N.Cl. The molecule has 0 aromatic rings. The van der Waals surface area contributed by atoms with Crippen LogP contribution in [0.5, 0.6) is 0 Å². The fraction of sp³-hybridized carbons (Fsp3) is 0.727. The number of halogens is 1. The van der Waals surface area contributed by atoms with Crippen molar-refractivity contribution in [3.05, 3.63) is 12.2 Å². The van der Waals surface area contributed by atoms with Gasteiger partial charge in [-0.25, -0.2) is 0 Å². The standard InChI is InChI=1S/C11H19NO2.ClH/c1-2-14-11(13)9-7-5-3-4-6-8-10(9)12;/h3-4,9-10H,2,5-8,12H2,1H3;1H/b4-3-;/t9-,10+;/m1./s1. The number of esters is 1. The van der Waals surface area contributed by atoms with Gasteiger partial charge in [0.25, 0.3) is 0 Å². The van der Waals surface area contributed by atoms with E-state index in [1.165, 1.54) is 0 Å². The highest BCUT2D eigenvalue weighted by Gasteiger charge is 2.26. The Balaban J connectivity index is 0.00000196. The molecule has 0 spiro atoms. The third-order valence-corrected chi connectivity index (χ3v) is 2.58. The van der Waals surface area contributed by atoms with Gasteiger partial charge in [-0.3, -0.25) is 4.79 Å². The summed E-state index contributed by atoms with van der Waals surface area (Å²) in [5, 5.41) is 0. The van der Waals surface area contributed by atoms with Gasteiger partial charge < -0.3 is 10.5 Å². The molecule has 0 bridgehead atoms. The van der Waals surface area contributed by atoms with Gasteiger partial charge >= 0.3 is 5.97 Å². The summed E-state index contributed by atoms with van der Waals surface area (Å²) in [6.45, 7) is 2.27. The minimum Gasteiger partial charge on any atom is -0.466 e. The Hall–Kier alpha value is -0.540. The summed E-state index contributed by atoms with van der Waals surface area (Å²) in [5.41, 5.74) is 5.94. The molecule has 0 saturated carbocycles. The van der Waals surface area contributed by atoms with E-state index in [-0.39, 0.29) is 30.3 Å². The summed E-state index contributed by atoms with van der Waals surface area (Å²) >= 11 is 0. The molecule has 0 aromatic heterocycles. The molecule has 88 valence electrons. The minimum absolute atomic E-state index is 0. The molecule has 0 unspecified atom stereocenters. The molecule has 0 radical (unpaired) electrons. The van der Waals surface area contributed by atoms with Crippen molar-refractivity contribution in [1.29, 1.82) is 0 Å². The highest BCUT2D eigenvalue weighted by atomic mass is 35.5. The van der Waals surface area contributed by atoms with Crippen LogP contribution in [0.1, 0.15) is 32.6 Å². The van der Waals surface area contributed by atoms with E-state index in [1.807, 2.05) is 6.92 Å². The van der Waals surface area contributed by atoms with Crippen LogP contribution in [0.3, 0.4) is 0 Å². The van der Waals surface area contributed by atoms with Gasteiger partial charge in [0.1, 0.15) is 0 Å². The lowest BCUT2D eigenvalue weighted by Gasteiger charge is -2.22. The average Bonchev–Trinajstić information content (AvgIpc) is 2.12. The number of hydrogen-bond donors (Lipinski definition) is 1. The molecular formula is C11H20ClNO2. The Bertz CT molecular complexity index is 219. The average molecular weight is 234 g/mol. The third-order valence-electron chi connectivity index (χ3n) is 2.58. The summed E-state index contributed by atoms with van der Waals surface area (Å²) in [7, 11) is 0. The first-order valence-electron chi connectivity index (χ1n) is 5.33. The predicted octanol–water partition coefficient (Wildman–Crippen LogP) is 2.04. The number of nitrogens with two attached hydrogens (primary N) is 1. The Morgan fingerprint density at radius 2 is 2.00 bits per heavy atom. The second kappa shape index (κ2) is 7.71. The molecule has 3 nitrogen and oxygen atoms in total. The molecule has 1 aliphatic carbocycles. The molecule has 0 saturated heterocycles. The lowest BCUT2D eigenvalue weighted by Crippen LogP contribution is -2.37. The van der Waals surface area contributed by atoms with Crippen LogP contribution >= 0.6 is 12.4 Å². The summed E-state index contributed by atoms with van der Waals surface area (Å²) in [4.78, 5) is 11.5. The van der Waals surface area contributed by atoms with Gasteiger partial charge in [0.15, 0.2) is 0 Å². The molecule has 0 aliphatic heterocycles. The smallest absolute Gasteiger partial charge is 0.310 e. The van der Waals surface area contributed by atoms with Crippen LogP contribution in [-0.4, -0.2) is 18.6 Å². The molecule has 4 heteroatoms. The van der Waals surface area contributed by atoms with Crippen LogP contribution in [0.15, 0.2) is 12.2 Å². The van der Waals surface area contributed by atoms with Gasteiger partial charge in [0, 0.05) is 6.04 Å². The molecule has 0 amide bonds. The monoisotopic (exact) mass is 233 g/mol. The highest BCUT2D eigenvalue weighted by Crippen LogP contribution is 2.19. The van der Waals surface area contributed by atoms with Crippen molar-refractivity contribution in [1.82, 2.24) is 0 Å². The summed E-state index contributed by atoms with van der Waals surface area (Å²) in [6, 6.07) is -0.0426. The van der Waals surface area contributed by atoms with E-state index in [0.717, 1.165) is 25.7 Å². The zero-order valence-corrected chi connectivity index (χ0v) is 9.96. The molecule has 0 aromatic carbocycles. The number of hydrogen-bond acceptors (Lipinski definition) is 3. The van der Waals surface area contributed by atoms with Crippen LogP contribution < -0.4 is 5.73 Å². The molecule has 15 heavy (non-hydrogen) atoms. The van der Waals surface area contributed by atoms with Crippen LogP contribution in [-0.2, 0) is 9.53 Å². The normalized spacial score (nSPS) is 28.1. The first-order chi connectivity index (χ1) is 6.75. The second-order valence-electron chi connectivity index (χ2n) is 3.65. The Kier molecular flexibility index (Phi) is 7.44. The van der Waals surface area contributed by atoms with E-state index in [9.17, 15) is 4.79 Å². The minimum atomic E-state index is -0.129. The molecule has 0 heterocycles. The van der Waals surface area contributed by atoms with Gasteiger partial charge in [-0.1, -0.05) is 12.2 Å². The lowest BCUT2D eigenvalue weighted by atomic mass is 9.90. The summed E-state index contributed by atoms with van der Waals surface area (Å²) in [6.07, 6.45) is 7.85. The maximum absolute atomic E-state index is 11.5. The molecule has 2 atom stereocenters. The summed E-state index contributed by atoms with van der Waals surface area (Å²) in [5.74, 6) is -0.241. The topological polar surface area (TPSA) is 52.3 Å². The molecular weight excluding hydrogens is 214 g/mol. The molecule has 0 fully saturated rings. The lowest BCUT2D eigenvalue weighted by molar-refractivity contribution is -0.149. The van der Waals surface area contributed by atoms with Crippen LogP contribution in [0.4, 0.5) is 0 Å². The first-order valence-corrected chi connectivity index (χ1v) is 5.33. The van der Waals surface area contributed by atoms with E-state index >= 15 is 0 Å². The largest absolute Gasteiger partial charge is 0.466 e.